The Kier molecular flexibility index (Phi) is 6.70. The van der Waals surface area contributed by atoms with Crippen LogP contribution in [0.3, 0.4) is 0 Å². The van der Waals surface area contributed by atoms with Gasteiger partial charge in [-0.1, -0.05) is 66.7 Å². The second-order valence-corrected chi connectivity index (χ2v) is 10.0. The second-order valence-electron chi connectivity index (χ2n) is 10.0. The van der Waals surface area contributed by atoms with Crippen molar-refractivity contribution in [2.75, 3.05) is 26.7 Å². The highest BCUT2D eigenvalue weighted by molar-refractivity contribution is 5.99. The molecule has 2 heterocycles. The molecule has 0 spiro atoms. The summed E-state index contributed by atoms with van der Waals surface area (Å²) in [5, 5.41) is 3.43. The highest BCUT2D eigenvalue weighted by Gasteiger charge is 2.32. The number of hydrogen-bond donors (Lipinski definition) is 2. The zero-order chi connectivity index (χ0) is 26.1. The maximum atomic E-state index is 14.2. The van der Waals surface area contributed by atoms with E-state index in [9.17, 15) is 9.59 Å². The van der Waals surface area contributed by atoms with Crippen molar-refractivity contribution >= 4 is 5.91 Å². The van der Waals surface area contributed by atoms with Gasteiger partial charge in [-0.15, -0.1) is 0 Å². The average Bonchev–Trinajstić information content (AvgIpc) is 3.54. The molecule has 1 amide bonds. The summed E-state index contributed by atoms with van der Waals surface area (Å²) in [4.78, 5) is 32.6. The summed E-state index contributed by atoms with van der Waals surface area (Å²) in [5.41, 5.74) is 5.66. The number of ether oxygens (including phenoxy) is 1. The number of nitrogens with one attached hydrogen (secondary N) is 2. The second kappa shape index (κ2) is 10.4. The van der Waals surface area contributed by atoms with E-state index in [1.54, 1.807) is 11.7 Å². The maximum Gasteiger partial charge on any atom is 0.331 e. The Morgan fingerprint density at radius 2 is 1.79 bits per heavy atom. The molecule has 38 heavy (non-hydrogen) atoms. The van der Waals surface area contributed by atoms with Crippen LogP contribution in [0.4, 0.5) is 0 Å². The number of amides is 1. The fourth-order valence-corrected chi connectivity index (χ4v) is 5.88. The molecule has 0 saturated carbocycles. The van der Waals surface area contributed by atoms with Crippen molar-refractivity contribution < 1.29 is 9.53 Å². The number of aromatic amines is 1. The molecule has 2 unspecified atom stereocenters. The van der Waals surface area contributed by atoms with Crippen LogP contribution in [0.2, 0.25) is 0 Å². The molecule has 0 bridgehead atoms. The number of H-pyrrole nitrogens is 1. The lowest BCUT2D eigenvalue weighted by Gasteiger charge is -2.36. The number of methoxy groups -OCH3 is 1. The monoisotopic (exact) mass is 508 g/mol. The van der Waals surface area contributed by atoms with Crippen LogP contribution in [0.1, 0.15) is 39.7 Å². The molecule has 1 aliphatic heterocycles. The Balaban J connectivity index is 1.44. The summed E-state index contributed by atoms with van der Waals surface area (Å²) < 4.78 is 7.34. The number of imidazole rings is 1. The van der Waals surface area contributed by atoms with Crippen molar-refractivity contribution in [1.82, 2.24) is 19.8 Å². The molecular formula is C31H32N4O3. The molecule has 7 nitrogen and oxygen atoms in total. The Labute approximate surface area is 222 Å². The Morgan fingerprint density at radius 1 is 1.03 bits per heavy atom. The third-order valence-electron chi connectivity index (χ3n) is 7.78. The van der Waals surface area contributed by atoms with Crippen LogP contribution in [-0.4, -0.2) is 53.1 Å². The fourth-order valence-electron chi connectivity index (χ4n) is 5.88. The molecule has 6 rings (SSSR count). The highest BCUT2D eigenvalue weighted by Crippen LogP contribution is 2.36. The highest BCUT2D eigenvalue weighted by atomic mass is 16.5. The summed E-state index contributed by atoms with van der Waals surface area (Å²) in [6.07, 6.45) is 2.64. The maximum absolute atomic E-state index is 14.2. The number of aromatic nitrogens is 2. The number of aryl methyl sites for hydroxylation is 1. The van der Waals surface area contributed by atoms with Gasteiger partial charge in [0.15, 0.2) is 0 Å². The predicted molar refractivity (Wildman–Crippen MR) is 148 cm³/mol. The van der Waals surface area contributed by atoms with Gasteiger partial charge in [-0.25, -0.2) is 4.79 Å². The van der Waals surface area contributed by atoms with Crippen LogP contribution in [0, 0.1) is 0 Å². The lowest BCUT2D eigenvalue weighted by molar-refractivity contribution is 0.0631. The molecule has 4 aromatic rings. The van der Waals surface area contributed by atoms with Crippen molar-refractivity contribution in [3.8, 4) is 16.9 Å². The number of benzene rings is 3. The Hall–Kier alpha value is -3.94. The normalized spacial score (nSPS) is 18.9. The van der Waals surface area contributed by atoms with Gasteiger partial charge in [0.05, 0.1) is 17.5 Å². The van der Waals surface area contributed by atoms with Gasteiger partial charge in [0.1, 0.15) is 5.69 Å². The molecule has 7 heteroatoms. The minimum absolute atomic E-state index is 0.0143. The van der Waals surface area contributed by atoms with Crippen LogP contribution in [0.15, 0.2) is 83.7 Å². The summed E-state index contributed by atoms with van der Waals surface area (Å²) in [6, 6.07) is 26.0. The SMILES string of the molecule is COC1CCc2ccc(-n3c(-c4ccccc4)c(C(=O)N4CCNCC4Cc4ccccc4)[nH]c3=O)cc21. The number of piperazine rings is 1. The number of carbonyl (C=O) groups is 1. The number of hydrogen-bond acceptors (Lipinski definition) is 4. The summed E-state index contributed by atoms with van der Waals surface area (Å²) in [7, 11) is 1.72. The standard InChI is InChI=1S/C31H32N4O3/c1-38-27-15-13-22-12-14-24(19-26(22)27)35-29(23-10-6-3-7-11-23)28(33-31(35)37)30(36)34-17-16-32-20-25(34)18-21-8-4-2-5-9-21/h2-12,14,19,25,27,32H,13,15-18,20H2,1H3,(H,33,37). The number of nitrogens with zero attached hydrogens (tertiary/aromatic N) is 2. The van der Waals surface area contributed by atoms with Crippen LogP contribution in [-0.2, 0) is 17.6 Å². The van der Waals surface area contributed by atoms with Crippen molar-refractivity contribution in [1.29, 1.82) is 0 Å². The van der Waals surface area contributed by atoms with E-state index in [0.717, 1.165) is 36.1 Å². The lowest BCUT2D eigenvalue weighted by atomic mass is 10.0. The number of carbonyl (C=O) groups excluding carboxylic acids is 1. The van der Waals surface area contributed by atoms with Gasteiger partial charge in [-0.05, 0) is 48.1 Å². The van der Waals surface area contributed by atoms with Crippen LogP contribution in [0.5, 0.6) is 0 Å². The van der Waals surface area contributed by atoms with Gasteiger partial charge in [0.2, 0.25) is 0 Å². The van der Waals surface area contributed by atoms with Gasteiger partial charge in [0, 0.05) is 38.3 Å². The Bertz CT molecular complexity index is 1490. The fraction of sp³-hybridized carbons (Fsp3) is 0.290. The molecule has 3 aromatic carbocycles. The van der Waals surface area contributed by atoms with Crippen molar-refractivity contribution in [2.45, 2.75) is 31.4 Å². The predicted octanol–water partition coefficient (Wildman–Crippen LogP) is 4.12. The first-order chi connectivity index (χ1) is 18.6. The quantitative estimate of drug-likeness (QED) is 0.411. The van der Waals surface area contributed by atoms with Crippen LogP contribution in [0.25, 0.3) is 16.9 Å². The molecule has 1 aliphatic carbocycles. The third-order valence-corrected chi connectivity index (χ3v) is 7.78. The zero-order valence-corrected chi connectivity index (χ0v) is 21.5. The molecule has 1 aromatic heterocycles. The summed E-state index contributed by atoms with van der Waals surface area (Å²) in [5.74, 6) is -0.155. The summed E-state index contributed by atoms with van der Waals surface area (Å²) >= 11 is 0. The average molecular weight is 509 g/mol. The van der Waals surface area contributed by atoms with E-state index in [1.165, 1.54) is 11.1 Å². The van der Waals surface area contributed by atoms with E-state index in [-0.39, 0.29) is 23.7 Å². The van der Waals surface area contributed by atoms with Gasteiger partial charge in [-0.3, -0.25) is 9.36 Å². The molecule has 2 N–H and O–H groups in total. The third kappa shape index (κ3) is 4.48. The smallest absolute Gasteiger partial charge is 0.331 e. The van der Waals surface area contributed by atoms with E-state index >= 15 is 0 Å². The summed E-state index contributed by atoms with van der Waals surface area (Å²) in [6.45, 7) is 1.99. The van der Waals surface area contributed by atoms with E-state index < -0.39 is 0 Å². The van der Waals surface area contributed by atoms with Crippen molar-refractivity contribution in [2.24, 2.45) is 0 Å². The largest absolute Gasteiger partial charge is 0.377 e. The van der Waals surface area contributed by atoms with Crippen LogP contribution >= 0.6 is 0 Å². The van der Waals surface area contributed by atoms with Gasteiger partial charge in [-0.2, -0.15) is 0 Å². The van der Waals surface area contributed by atoms with E-state index in [1.807, 2.05) is 65.6 Å². The zero-order valence-electron chi connectivity index (χ0n) is 21.5. The topological polar surface area (TPSA) is 79.4 Å². The molecule has 0 radical (unpaired) electrons. The minimum atomic E-state index is -0.325. The first-order valence-electron chi connectivity index (χ1n) is 13.3. The van der Waals surface area contributed by atoms with E-state index in [2.05, 4.69) is 28.5 Å². The lowest BCUT2D eigenvalue weighted by Crippen LogP contribution is -2.54. The van der Waals surface area contributed by atoms with Crippen molar-refractivity contribution in [3.63, 3.8) is 0 Å². The van der Waals surface area contributed by atoms with Gasteiger partial charge < -0.3 is 19.9 Å². The van der Waals surface area contributed by atoms with E-state index in [0.29, 0.717) is 31.0 Å². The molecule has 194 valence electrons. The Morgan fingerprint density at radius 3 is 2.55 bits per heavy atom. The van der Waals surface area contributed by atoms with E-state index in [4.69, 9.17) is 4.74 Å². The molecule has 2 atom stereocenters. The van der Waals surface area contributed by atoms with Gasteiger partial charge >= 0.3 is 5.69 Å². The number of fused-ring (bicyclic) bond motifs is 1. The van der Waals surface area contributed by atoms with Gasteiger partial charge in [0.25, 0.3) is 5.91 Å². The molecule has 1 saturated heterocycles. The van der Waals surface area contributed by atoms with Crippen molar-refractivity contribution in [3.05, 3.63) is 112 Å². The minimum Gasteiger partial charge on any atom is -0.377 e. The first kappa shape index (κ1) is 24.4. The first-order valence-corrected chi connectivity index (χ1v) is 13.3. The van der Waals surface area contributed by atoms with Crippen LogP contribution < -0.4 is 11.0 Å². The number of rotatable bonds is 6. The molecule has 2 aliphatic rings. The molecular weight excluding hydrogens is 476 g/mol. The molecule has 1 fully saturated rings.